The van der Waals surface area contributed by atoms with Crippen LogP contribution in [0.1, 0.15) is 19.4 Å². The maximum absolute atomic E-state index is 10.3. The number of hydrogen-bond donors (Lipinski definition) is 0. The lowest BCUT2D eigenvalue weighted by Gasteiger charge is -2.25. The van der Waals surface area contributed by atoms with Crippen LogP contribution >= 0.6 is 0 Å². The van der Waals surface area contributed by atoms with Crippen molar-refractivity contribution in [3.8, 4) is 11.5 Å². The first-order chi connectivity index (χ1) is 7.56. The number of ether oxygens (including phenoxy) is 3. The summed E-state index contributed by atoms with van der Waals surface area (Å²) in [5, 5.41) is 0. The topological polar surface area (TPSA) is 44.8 Å². The molecule has 0 saturated carbocycles. The highest BCUT2D eigenvalue weighted by Gasteiger charge is 2.28. The van der Waals surface area contributed by atoms with Gasteiger partial charge in [-0.15, -0.1) is 0 Å². The molecule has 16 heavy (non-hydrogen) atoms. The van der Waals surface area contributed by atoms with Crippen LogP contribution in [-0.4, -0.2) is 20.7 Å². The van der Waals surface area contributed by atoms with Crippen molar-refractivity contribution >= 4 is 6.47 Å². The standard InChI is InChI=1S/C12H15O4/c1-12(2,16-8-13)9-6-5-7-10(14-3)11(9)15-4/h5-7H,1-4H3. The lowest BCUT2D eigenvalue weighted by atomic mass is 9.96. The van der Waals surface area contributed by atoms with Crippen LogP contribution in [0.4, 0.5) is 0 Å². The second-order valence-corrected chi connectivity index (χ2v) is 3.74. The van der Waals surface area contributed by atoms with Crippen LogP contribution < -0.4 is 9.47 Å². The maximum Gasteiger partial charge on any atom is 0.418 e. The van der Waals surface area contributed by atoms with Crippen LogP contribution in [0.15, 0.2) is 18.2 Å². The molecule has 1 radical (unpaired) electrons. The van der Waals surface area contributed by atoms with Crippen LogP contribution in [0.5, 0.6) is 11.5 Å². The Hall–Kier alpha value is -1.71. The number of benzene rings is 1. The predicted octanol–water partition coefficient (Wildman–Crippen LogP) is 2.02. The Labute approximate surface area is 95.1 Å². The molecular weight excluding hydrogens is 208 g/mol. The average Bonchev–Trinajstić information content (AvgIpc) is 2.27. The number of rotatable bonds is 5. The van der Waals surface area contributed by atoms with E-state index in [0.717, 1.165) is 5.56 Å². The van der Waals surface area contributed by atoms with Crippen LogP contribution in [0.3, 0.4) is 0 Å². The van der Waals surface area contributed by atoms with Gasteiger partial charge in [-0.3, -0.25) is 0 Å². The Balaban J connectivity index is 3.26. The molecule has 87 valence electrons. The van der Waals surface area contributed by atoms with Gasteiger partial charge in [0.15, 0.2) is 11.5 Å². The van der Waals surface area contributed by atoms with Crippen LogP contribution in [0.25, 0.3) is 0 Å². The van der Waals surface area contributed by atoms with Gasteiger partial charge in [-0.2, -0.15) is 0 Å². The van der Waals surface area contributed by atoms with Crippen molar-refractivity contribution in [1.82, 2.24) is 0 Å². The van der Waals surface area contributed by atoms with E-state index in [-0.39, 0.29) is 0 Å². The molecule has 0 fully saturated rings. The Morgan fingerprint density at radius 3 is 2.38 bits per heavy atom. The second-order valence-electron chi connectivity index (χ2n) is 3.74. The van der Waals surface area contributed by atoms with Crippen molar-refractivity contribution in [2.24, 2.45) is 0 Å². The molecule has 0 aliphatic heterocycles. The highest BCUT2D eigenvalue weighted by molar-refractivity contribution is 5.50. The molecule has 0 heterocycles. The molecule has 0 unspecified atom stereocenters. The number of methoxy groups -OCH3 is 2. The van der Waals surface area contributed by atoms with E-state index in [2.05, 4.69) is 0 Å². The van der Waals surface area contributed by atoms with Gasteiger partial charge in [0.2, 0.25) is 0 Å². The van der Waals surface area contributed by atoms with E-state index in [1.165, 1.54) is 6.47 Å². The molecule has 0 saturated heterocycles. The second kappa shape index (κ2) is 4.88. The molecule has 0 aliphatic carbocycles. The zero-order valence-corrected chi connectivity index (χ0v) is 9.87. The largest absolute Gasteiger partial charge is 0.493 e. The van der Waals surface area contributed by atoms with Crippen molar-refractivity contribution in [2.45, 2.75) is 19.4 Å². The van der Waals surface area contributed by atoms with Crippen molar-refractivity contribution in [2.75, 3.05) is 14.2 Å². The first-order valence-electron chi connectivity index (χ1n) is 4.83. The van der Waals surface area contributed by atoms with Gasteiger partial charge in [0.1, 0.15) is 5.60 Å². The lowest BCUT2D eigenvalue weighted by molar-refractivity contribution is 0.0844. The van der Waals surface area contributed by atoms with Crippen molar-refractivity contribution in [3.63, 3.8) is 0 Å². The molecule has 4 heteroatoms. The fourth-order valence-corrected chi connectivity index (χ4v) is 1.52. The zero-order chi connectivity index (χ0) is 12.2. The van der Waals surface area contributed by atoms with Gasteiger partial charge in [0, 0.05) is 5.56 Å². The van der Waals surface area contributed by atoms with Crippen LogP contribution in [0, 0.1) is 0 Å². The summed E-state index contributed by atoms with van der Waals surface area (Å²) in [4.78, 5) is 10.3. The minimum Gasteiger partial charge on any atom is -0.493 e. The first-order valence-corrected chi connectivity index (χ1v) is 4.83. The third-order valence-corrected chi connectivity index (χ3v) is 2.35. The summed E-state index contributed by atoms with van der Waals surface area (Å²) in [6, 6.07) is 5.41. The summed E-state index contributed by atoms with van der Waals surface area (Å²) < 4.78 is 15.4. The Morgan fingerprint density at radius 1 is 1.19 bits per heavy atom. The smallest absolute Gasteiger partial charge is 0.418 e. The summed E-state index contributed by atoms with van der Waals surface area (Å²) >= 11 is 0. The van der Waals surface area contributed by atoms with Crippen LogP contribution in [0.2, 0.25) is 0 Å². The molecular formula is C12H15O4. The Kier molecular flexibility index (Phi) is 3.77. The third kappa shape index (κ3) is 2.27. The number of carbonyl (C=O) groups excluding carboxylic acids is 1. The van der Waals surface area contributed by atoms with E-state index in [1.807, 2.05) is 12.1 Å². The SMILES string of the molecule is COc1cccc(C(C)(C)O[C]=O)c1OC. The normalized spacial score (nSPS) is 10.8. The van der Waals surface area contributed by atoms with Crippen LogP contribution in [-0.2, 0) is 15.1 Å². The maximum atomic E-state index is 10.3. The van der Waals surface area contributed by atoms with E-state index >= 15 is 0 Å². The van der Waals surface area contributed by atoms with E-state index in [9.17, 15) is 4.79 Å². The number of para-hydroxylation sites is 1. The molecule has 1 aromatic rings. The Morgan fingerprint density at radius 2 is 1.88 bits per heavy atom. The first kappa shape index (κ1) is 12.4. The molecule has 4 nitrogen and oxygen atoms in total. The van der Waals surface area contributed by atoms with E-state index in [1.54, 1.807) is 34.1 Å². The van der Waals surface area contributed by atoms with Gasteiger partial charge in [-0.05, 0) is 19.9 Å². The molecule has 0 aliphatic rings. The van der Waals surface area contributed by atoms with Gasteiger partial charge in [0.05, 0.1) is 14.2 Å². The summed E-state index contributed by atoms with van der Waals surface area (Å²) in [6.07, 6.45) is 0. The molecule has 0 spiro atoms. The van der Waals surface area contributed by atoms with Crippen molar-refractivity contribution in [1.29, 1.82) is 0 Å². The predicted molar refractivity (Wildman–Crippen MR) is 59.4 cm³/mol. The van der Waals surface area contributed by atoms with E-state index in [0.29, 0.717) is 11.5 Å². The highest BCUT2D eigenvalue weighted by Crippen LogP contribution is 2.38. The van der Waals surface area contributed by atoms with Crippen molar-refractivity contribution in [3.05, 3.63) is 23.8 Å². The number of hydrogen-bond acceptors (Lipinski definition) is 4. The van der Waals surface area contributed by atoms with Gasteiger partial charge < -0.3 is 14.2 Å². The molecule has 0 bridgehead atoms. The van der Waals surface area contributed by atoms with E-state index < -0.39 is 5.60 Å². The lowest BCUT2D eigenvalue weighted by Crippen LogP contribution is -2.21. The molecule has 0 aromatic heterocycles. The summed E-state index contributed by atoms with van der Waals surface area (Å²) in [7, 11) is 3.10. The van der Waals surface area contributed by atoms with E-state index in [4.69, 9.17) is 14.2 Å². The minimum absolute atomic E-state index is 0.560. The summed E-state index contributed by atoms with van der Waals surface area (Å²) in [5.41, 5.74) is -0.0700. The fraction of sp³-hybridized carbons (Fsp3) is 0.417. The molecule has 1 rings (SSSR count). The minimum atomic E-state index is -0.804. The average molecular weight is 223 g/mol. The highest BCUT2D eigenvalue weighted by atomic mass is 16.5. The summed E-state index contributed by atoms with van der Waals surface area (Å²) in [6.45, 7) is 4.97. The third-order valence-electron chi connectivity index (χ3n) is 2.35. The van der Waals surface area contributed by atoms with Gasteiger partial charge in [-0.1, -0.05) is 12.1 Å². The van der Waals surface area contributed by atoms with Crippen molar-refractivity contribution < 1.29 is 19.0 Å². The Bertz CT molecular complexity index is 371. The fourth-order valence-electron chi connectivity index (χ4n) is 1.52. The van der Waals surface area contributed by atoms with Gasteiger partial charge in [0.25, 0.3) is 0 Å². The van der Waals surface area contributed by atoms with Gasteiger partial charge in [-0.25, -0.2) is 4.79 Å². The molecule has 0 amide bonds. The molecule has 0 N–H and O–H groups in total. The summed E-state index contributed by atoms with van der Waals surface area (Å²) in [5.74, 6) is 1.16. The molecule has 0 atom stereocenters. The quantitative estimate of drug-likeness (QED) is 0.766. The zero-order valence-electron chi connectivity index (χ0n) is 9.87. The molecule has 1 aromatic carbocycles. The van der Waals surface area contributed by atoms with Gasteiger partial charge >= 0.3 is 6.47 Å². The monoisotopic (exact) mass is 223 g/mol.